The van der Waals surface area contributed by atoms with Crippen LogP contribution in [0.5, 0.6) is 5.75 Å². The fraction of sp³-hybridized carbons (Fsp3) is 0.618. The first-order valence-corrected chi connectivity index (χ1v) is 16.9. The second kappa shape index (κ2) is 26.0. The minimum Gasteiger partial charge on any atom is -0.493 e. The maximum Gasteiger partial charge on any atom is 0.335 e. The quantitative estimate of drug-likeness (QED) is 0.0550. The van der Waals surface area contributed by atoms with Crippen LogP contribution in [0.2, 0.25) is 0 Å². The Hall–Kier alpha value is -4.81. The summed E-state index contributed by atoms with van der Waals surface area (Å²) in [4.78, 5) is 83.5. The molecular formula is C34H52N4O14. The lowest BCUT2D eigenvalue weighted by Gasteiger charge is -2.20. The van der Waals surface area contributed by atoms with E-state index in [1.54, 1.807) is 12.1 Å². The van der Waals surface area contributed by atoms with Gasteiger partial charge in [-0.15, -0.1) is 0 Å². The molecule has 0 aliphatic heterocycles. The molecule has 1 aromatic carbocycles. The largest absolute Gasteiger partial charge is 0.493 e. The van der Waals surface area contributed by atoms with E-state index in [1.165, 1.54) is 19.2 Å². The highest BCUT2D eigenvalue weighted by Crippen LogP contribution is 2.18. The lowest BCUT2D eigenvalue weighted by molar-refractivity contribution is -0.142. The van der Waals surface area contributed by atoms with Gasteiger partial charge in [0.25, 0.3) is 0 Å². The Kier molecular flexibility index (Phi) is 22.6. The summed E-state index contributed by atoms with van der Waals surface area (Å²) in [5.74, 6) is -5.36. The average Bonchev–Trinajstić information content (AvgIpc) is 3.08. The first-order valence-electron chi connectivity index (χ1n) is 16.9. The monoisotopic (exact) mass is 740 g/mol. The number of rotatable bonds is 29. The zero-order valence-electron chi connectivity index (χ0n) is 29.9. The van der Waals surface area contributed by atoms with Crippen LogP contribution in [0.25, 0.3) is 0 Å². The van der Waals surface area contributed by atoms with Crippen LogP contribution in [-0.4, -0.2) is 129 Å². The Morgan fingerprint density at radius 3 is 1.98 bits per heavy atom. The van der Waals surface area contributed by atoms with Crippen molar-refractivity contribution in [1.29, 1.82) is 0 Å². The van der Waals surface area contributed by atoms with Gasteiger partial charge in [-0.2, -0.15) is 0 Å². The number of nitrogens with one attached hydrogen (secondary N) is 4. The number of carboxylic acid groups (broad SMARTS) is 3. The molecule has 0 saturated carbocycles. The van der Waals surface area contributed by atoms with Crippen molar-refractivity contribution < 1.29 is 67.8 Å². The molecule has 1 aromatic rings. The smallest absolute Gasteiger partial charge is 0.335 e. The van der Waals surface area contributed by atoms with Crippen LogP contribution in [0.4, 0.5) is 0 Å². The van der Waals surface area contributed by atoms with Gasteiger partial charge in [-0.25, -0.2) is 9.59 Å². The fourth-order valence-electron chi connectivity index (χ4n) is 4.77. The molecule has 18 nitrogen and oxygen atoms in total. The van der Waals surface area contributed by atoms with E-state index in [-0.39, 0.29) is 82.0 Å². The second-order valence-electron chi connectivity index (χ2n) is 12.1. The van der Waals surface area contributed by atoms with Gasteiger partial charge in [-0.3, -0.25) is 24.0 Å². The Labute approximate surface area is 302 Å². The molecule has 0 saturated heterocycles. The van der Waals surface area contributed by atoms with Gasteiger partial charge in [0.15, 0.2) is 0 Å². The minimum absolute atomic E-state index is 0.0221. The van der Waals surface area contributed by atoms with Gasteiger partial charge in [0.05, 0.1) is 38.6 Å². The van der Waals surface area contributed by atoms with Gasteiger partial charge >= 0.3 is 17.9 Å². The summed E-state index contributed by atoms with van der Waals surface area (Å²) in [5.41, 5.74) is 0.139. The van der Waals surface area contributed by atoms with E-state index in [1.807, 2.05) is 13.8 Å². The molecule has 0 heterocycles. The van der Waals surface area contributed by atoms with Gasteiger partial charge < -0.3 is 55.5 Å². The molecule has 4 amide bonds. The second-order valence-corrected chi connectivity index (χ2v) is 12.1. The molecule has 0 aliphatic carbocycles. The summed E-state index contributed by atoms with van der Waals surface area (Å²) in [5, 5.41) is 37.7. The maximum atomic E-state index is 12.7. The van der Waals surface area contributed by atoms with E-state index < -0.39 is 54.1 Å². The number of carboxylic acids is 3. The van der Waals surface area contributed by atoms with Crippen LogP contribution in [0.1, 0.15) is 62.7 Å². The van der Waals surface area contributed by atoms with Crippen molar-refractivity contribution in [3.63, 3.8) is 0 Å². The van der Waals surface area contributed by atoms with Gasteiger partial charge in [0, 0.05) is 39.5 Å². The van der Waals surface area contributed by atoms with Gasteiger partial charge in [-0.1, -0.05) is 13.8 Å². The summed E-state index contributed by atoms with van der Waals surface area (Å²) >= 11 is 0. The molecule has 52 heavy (non-hydrogen) atoms. The van der Waals surface area contributed by atoms with Crippen LogP contribution >= 0.6 is 0 Å². The molecule has 1 rings (SSSR count). The summed E-state index contributed by atoms with van der Waals surface area (Å²) < 4.78 is 21.0. The number of aliphatic carboxylic acids is 2. The predicted octanol–water partition coefficient (Wildman–Crippen LogP) is 0.427. The summed E-state index contributed by atoms with van der Waals surface area (Å²) in [6.07, 6.45) is -0.665. The van der Waals surface area contributed by atoms with Crippen LogP contribution in [0, 0.1) is 11.8 Å². The van der Waals surface area contributed by atoms with Crippen molar-refractivity contribution in [3.05, 3.63) is 29.8 Å². The Morgan fingerprint density at radius 2 is 1.35 bits per heavy atom. The number of amides is 4. The average molecular weight is 741 g/mol. The highest BCUT2D eigenvalue weighted by Gasteiger charge is 2.25. The molecule has 292 valence electrons. The number of ether oxygens (including phenoxy) is 4. The molecule has 0 bridgehead atoms. The van der Waals surface area contributed by atoms with Gasteiger partial charge in [0.1, 0.15) is 24.4 Å². The number of carbonyl (C=O) groups excluding carboxylic acids is 4. The van der Waals surface area contributed by atoms with E-state index in [4.69, 9.17) is 29.2 Å². The van der Waals surface area contributed by atoms with Crippen molar-refractivity contribution in [3.8, 4) is 5.75 Å². The molecule has 0 spiro atoms. The lowest BCUT2D eigenvalue weighted by Crippen LogP contribution is -2.48. The number of carbonyl (C=O) groups is 7. The van der Waals surface area contributed by atoms with Crippen molar-refractivity contribution in [2.24, 2.45) is 11.8 Å². The third kappa shape index (κ3) is 21.4. The molecule has 4 unspecified atom stereocenters. The van der Waals surface area contributed by atoms with Gasteiger partial charge in [-0.05, 0) is 55.4 Å². The maximum absolute atomic E-state index is 12.7. The molecular weight excluding hydrogens is 688 g/mol. The zero-order chi connectivity index (χ0) is 38.9. The Bertz CT molecular complexity index is 1290. The zero-order valence-corrected chi connectivity index (χ0v) is 29.9. The molecule has 0 radical (unpaired) electrons. The molecule has 18 heteroatoms. The first-order chi connectivity index (χ1) is 24.7. The summed E-state index contributed by atoms with van der Waals surface area (Å²) in [7, 11) is 1.51. The highest BCUT2D eigenvalue weighted by atomic mass is 16.5. The van der Waals surface area contributed by atoms with Crippen molar-refractivity contribution in [2.45, 2.75) is 64.5 Å². The molecule has 0 aromatic heterocycles. The number of hydrogen-bond acceptors (Lipinski definition) is 11. The molecule has 4 atom stereocenters. The van der Waals surface area contributed by atoms with Crippen LogP contribution in [0.15, 0.2) is 24.3 Å². The third-order valence-corrected chi connectivity index (χ3v) is 7.35. The van der Waals surface area contributed by atoms with E-state index >= 15 is 0 Å². The first kappa shape index (κ1) is 45.2. The summed E-state index contributed by atoms with van der Waals surface area (Å²) in [6, 6.07) is 3.39. The SMILES string of the molecule is COCCNC(=O)COCCOCCNC(=O)C(CCC(=O)O)NC(=O)CCC(NC(=O)CC(C)CC(C)COc1ccc(C(=O)O)cc1)C(=O)O. The number of aromatic carboxylic acids is 1. The Balaban J connectivity index is 2.45. The van der Waals surface area contributed by atoms with E-state index in [0.717, 1.165) is 0 Å². The topological polar surface area (TPSA) is 265 Å². The third-order valence-electron chi connectivity index (χ3n) is 7.35. The fourth-order valence-corrected chi connectivity index (χ4v) is 4.77. The molecule has 0 aliphatic rings. The van der Waals surface area contributed by atoms with Gasteiger partial charge in [0.2, 0.25) is 23.6 Å². The Morgan fingerprint density at radius 1 is 0.712 bits per heavy atom. The van der Waals surface area contributed by atoms with Crippen LogP contribution < -0.4 is 26.0 Å². The van der Waals surface area contributed by atoms with E-state index in [0.29, 0.717) is 31.9 Å². The minimum atomic E-state index is -1.38. The van der Waals surface area contributed by atoms with E-state index in [2.05, 4.69) is 21.3 Å². The normalized spacial score (nSPS) is 13.1. The highest BCUT2D eigenvalue weighted by molar-refractivity contribution is 5.89. The van der Waals surface area contributed by atoms with E-state index in [9.17, 15) is 38.7 Å². The number of hydrogen-bond donors (Lipinski definition) is 7. The standard InChI is InChI=1S/C34H52N4O14/c1-22(18-23(2)20-52-25-6-4-24(5-7-25)33(45)46)19-29(40)38-27(34(47)48)8-10-28(39)37-26(9-11-31(42)43)32(44)36-13-15-50-16-17-51-21-30(41)35-12-14-49-3/h4-7,22-23,26-27H,8-21H2,1-3H3,(H,35,41)(H,36,44)(H,37,39)(H,38,40)(H,42,43)(H,45,46)(H,47,48). The molecule has 0 fully saturated rings. The predicted molar refractivity (Wildman–Crippen MR) is 184 cm³/mol. The summed E-state index contributed by atoms with van der Waals surface area (Å²) in [6.45, 7) is 5.04. The van der Waals surface area contributed by atoms with Crippen LogP contribution in [-0.2, 0) is 43.0 Å². The van der Waals surface area contributed by atoms with Crippen molar-refractivity contribution in [1.82, 2.24) is 21.3 Å². The number of methoxy groups -OCH3 is 1. The van der Waals surface area contributed by atoms with Crippen molar-refractivity contribution >= 4 is 41.5 Å². The van der Waals surface area contributed by atoms with Crippen molar-refractivity contribution in [2.75, 3.05) is 59.8 Å². The lowest BCUT2D eigenvalue weighted by atomic mass is 9.94. The molecule has 7 N–H and O–H groups in total. The number of benzene rings is 1. The van der Waals surface area contributed by atoms with Crippen LogP contribution in [0.3, 0.4) is 0 Å².